The quantitative estimate of drug-likeness (QED) is 0.746. The summed E-state index contributed by atoms with van der Waals surface area (Å²) in [6.07, 6.45) is 0. The van der Waals surface area contributed by atoms with Gasteiger partial charge in [-0.05, 0) is 36.8 Å². The number of imide groups is 1. The van der Waals surface area contributed by atoms with Crippen LogP contribution in [0.5, 0.6) is 0 Å². The molecule has 0 bridgehead atoms. The van der Waals surface area contributed by atoms with Gasteiger partial charge in [-0.2, -0.15) is 0 Å². The van der Waals surface area contributed by atoms with E-state index in [4.69, 9.17) is 0 Å². The Morgan fingerprint density at radius 1 is 1.08 bits per heavy atom. The molecule has 0 aromatic heterocycles. The zero-order valence-electron chi connectivity index (χ0n) is 13.0. The van der Waals surface area contributed by atoms with Gasteiger partial charge in [-0.15, -0.1) is 0 Å². The number of hydrogen-bond acceptors (Lipinski definition) is 3. The van der Waals surface area contributed by atoms with Crippen molar-refractivity contribution in [1.29, 1.82) is 0 Å². The zero-order chi connectivity index (χ0) is 18.2. The molecule has 25 heavy (non-hydrogen) atoms. The summed E-state index contributed by atoms with van der Waals surface area (Å²) < 4.78 is 26.4. The number of carbonyl (C=O) groups is 3. The lowest BCUT2D eigenvalue weighted by molar-refractivity contribution is -0.123. The van der Waals surface area contributed by atoms with Crippen LogP contribution in [0.25, 0.3) is 0 Å². The predicted molar refractivity (Wildman–Crippen MR) is 84.8 cm³/mol. The molecule has 0 saturated carbocycles. The molecule has 1 fully saturated rings. The summed E-state index contributed by atoms with van der Waals surface area (Å²) >= 11 is 0. The third-order valence-corrected chi connectivity index (χ3v) is 3.87. The maximum absolute atomic E-state index is 13.2. The molecule has 1 saturated heterocycles. The molecule has 8 heteroatoms. The van der Waals surface area contributed by atoms with Crippen molar-refractivity contribution in [2.45, 2.75) is 12.5 Å². The Kier molecular flexibility index (Phi) is 3.96. The molecule has 1 atom stereocenters. The molecule has 3 rings (SSSR count). The number of anilines is 1. The van der Waals surface area contributed by atoms with Gasteiger partial charge in [-0.3, -0.25) is 14.9 Å². The van der Waals surface area contributed by atoms with E-state index in [0.717, 1.165) is 12.1 Å². The van der Waals surface area contributed by atoms with Gasteiger partial charge in [-0.25, -0.2) is 13.6 Å². The molecule has 1 aliphatic heterocycles. The largest absolute Gasteiger partial charge is 0.322 e. The molecular weight excluding hydrogens is 332 g/mol. The standard InChI is InChI=1S/C17H13F2N3O3/c1-17(15(24)21-16(25)22-17)10-3-2-4-13(7-10)20-14(23)9-5-11(18)8-12(19)6-9/h2-8H,1H3,(H,20,23)(H2,21,22,24,25)/t17-/m1/s1. The number of benzene rings is 2. The maximum atomic E-state index is 13.2. The SMILES string of the molecule is C[C@]1(c2cccc(NC(=O)c3cc(F)cc(F)c3)c2)NC(=O)NC1=O. The third-order valence-electron chi connectivity index (χ3n) is 3.87. The fraction of sp³-hybridized carbons (Fsp3) is 0.118. The molecule has 1 aliphatic rings. The molecule has 2 aromatic carbocycles. The number of amides is 4. The fourth-order valence-electron chi connectivity index (χ4n) is 2.54. The maximum Gasteiger partial charge on any atom is 0.322 e. The van der Waals surface area contributed by atoms with Gasteiger partial charge in [0.05, 0.1) is 0 Å². The summed E-state index contributed by atoms with van der Waals surface area (Å²) in [6.45, 7) is 1.52. The first-order chi connectivity index (χ1) is 11.8. The van der Waals surface area contributed by atoms with Crippen molar-refractivity contribution in [1.82, 2.24) is 10.6 Å². The molecule has 128 valence electrons. The summed E-state index contributed by atoms with van der Waals surface area (Å²) in [4.78, 5) is 35.5. The van der Waals surface area contributed by atoms with Gasteiger partial charge in [0.1, 0.15) is 17.2 Å². The van der Waals surface area contributed by atoms with E-state index in [-0.39, 0.29) is 5.56 Å². The Hall–Kier alpha value is -3.29. The molecule has 2 aromatic rings. The lowest BCUT2D eigenvalue weighted by Crippen LogP contribution is -2.40. The highest BCUT2D eigenvalue weighted by Gasteiger charge is 2.43. The van der Waals surface area contributed by atoms with E-state index in [1.54, 1.807) is 18.2 Å². The number of urea groups is 1. The molecule has 0 unspecified atom stereocenters. The van der Waals surface area contributed by atoms with Gasteiger partial charge in [0.15, 0.2) is 0 Å². The minimum Gasteiger partial charge on any atom is -0.322 e. The lowest BCUT2D eigenvalue weighted by Gasteiger charge is -2.21. The molecular formula is C17H13F2N3O3. The second kappa shape index (κ2) is 5.97. The van der Waals surface area contributed by atoms with Crippen LogP contribution in [-0.4, -0.2) is 17.8 Å². The summed E-state index contributed by atoms with van der Waals surface area (Å²) in [5, 5.41) is 7.16. The minimum atomic E-state index is -1.28. The van der Waals surface area contributed by atoms with Crippen LogP contribution in [0, 0.1) is 11.6 Å². The van der Waals surface area contributed by atoms with Crippen LogP contribution in [0.1, 0.15) is 22.8 Å². The van der Waals surface area contributed by atoms with E-state index in [2.05, 4.69) is 16.0 Å². The predicted octanol–water partition coefficient (Wildman–Crippen LogP) is 2.27. The molecule has 0 spiro atoms. The van der Waals surface area contributed by atoms with Crippen molar-refractivity contribution in [3.05, 3.63) is 65.2 Å². The van der Waals surface area contributed by atoms with Gasteiger partial charge in [0.25, 0.3) is 11.8 Å². The van der Waals surface area contributed by atoms with E-state index in [1.807, 2.05) is 0 Å². The van der Waals surface area contributed by atoms with Crippen LogP contribution < -0.4 is 16.0 Å². The highest BCUT2D eigenvalue weighted by atomic mass is 19.1. The second-order valence-electron chi connectivity index (χ2n) is 5.73. The summed E-state index contributed by atoms with van der Waals surface area (Å²) in [5.41, 5.74) is -0.703. The zero-order valence-corrected chi connectivity index (χ0v) is 13.0. The molecule has 1 heterocycles. The van der Waals surface area contributed by atoms with Crippen molar-refractivity contribution in [2.75, 3.05) is 5.32 Å². The molecule has 4 amide bonds. The minimum absolute atomic E-state index is 0.180. The number of hydrogen-bond donors (Lipinski definition) is 3. The van der Waals surface area contributed by atoms with Crippen molar-refractivity contribution >= 4 is 23.5 Å². The van der Waals surface area contributed by atoms with E-state index >= 15 is 0 Å². The first kappa shape index (κ1) is 16.6. The summed E-state index contributed by atoms with van der Waals surface area (Å²) in [5.74, 6) is -2.96. The number of halogens is 2. The molecule has 6 nitrogen and oxygen atoms in total. The van der Waals surface area contributed by atoms with E-state index in [0.29, 0.717) is 17.3 Å². The van der Waals surface area contributed by atoms with Gasteiger partial charge >= 0.3 is 6.03 Å². The Bertz CT molecular complexity index is 880. The van der Waals surface area contributed by atoms with Crippen molar-refractivity contribution in [3.8, 4) is 0 Å². The Balaban J connectivity index is 1.86. The third kappa shape index (κ3) is 3.18. The lowest BCUT2D eigenvalue weighted by atomic mass is 9.92. The summed E-state index contributed by atoms with van der Waals surface area (Å²) in [6, 6.07) is 8.12. The van der Waals surface area contributed by atoms with Crippen molar-refractivity contribution in [3.63, 3.8) is 0 Å². The topological polar surface area (TPSA) is 87.3 Å². The van der Waals surface area contributed by atoms with Crippen LogP contribution in [0.4, 0.5) is 19.3 Å². The van der Waals surface area contributed by atoms with Gasteiger partial charge < -0.3 is 10.6 Å². The van der Waals surface area contributed by atoms with Gasteiger partial charge in [0, 0.05) is 17.3 Å². The van der Waals surface area contributed by atoms with Crippen LogP contribution >= 0.6 is 0 Å². The monoisotopic (exact) mass is 345 g/mol. The van der Waals surface area contributed by atoms with E-state index < -0.39 is 35.0 Å². The number of nitrogens with one attached hydrogen (secondary N) is 3. The average Bonchev–Trinajstić information content (AvgIpc) is 2.80. The average molecular weight is 345 g/mol. The molecule has 0 radical (unpaired) electrons. The number of rotatable bonds is 3. The first-order valence-electron chi connectivity index (χ1n) is 7.29. The van der Waals surface area contributed by atoms with E-state index in [9.17, 15) is 23.2 Å². The molecule has 0 aliphatic carbocycles. The summed E-state index contributed by atoms with van der Waals surface area (Å²) in [7, 11) is 0. The van der Waals surface area contributed by atoms with Crippen molar-refractivity contribution < 1.29 is 23.2 Å². The number of carbonyl (C=O) groups excluding carboxylic acids is 3. The fourth-order valence-corrected chi connectivity index (χ4v) is 2.54. The second-order valence-corrected chi connectivity index (χ2v) is 5.73. The Morgan fingerprint density at radius 2 is 1.76 bits per heavy atom. The van der Waals surface area contributed by atoms with Crippen LogP contribution in [-0.2, 0) is 10.3 Å². The van der Waals surface area contributed by atoms with Crippen LogP contribution in [0.3, 0.4) is 0 Å². The first-order valence-corrected chi connectivity index (χ1v) is 7.29. The van der Waals surface area contributed by atoms with Crippen LogP contribution in [0.2, 0.25) is 0 Å². The van der Waals surface area contributed by atoms with E-state index in [1.165, 1.54) is 13.0 Å². The van der Waals surface area contributed by atoms with Gasteiger partial charge in [-0.1, -0.05) is 12.1 Å². The highest BCUT2D eigenvalue weighted by Crippen LogP contribution is 2.26. The Labute approximate surface area is 141 Å². The van der Waals surface area contributed by atoms with Crippen molar-refractivity contribution in [2.24, 2.45) is 0 Å². The normalized spacial score (nSPS) is 19.3. The highest BCUT2D eigenvalue weighted by molar-refractivity contribution is 6.07. The Morgan fingerprint density at radius 3 is 2.36 bits per heavy atom. The van der Waals surface area contributed by atoms with Gasteiger partial charge in [0.2, 0.25) is 0 Å². The smallest absolute Gasteiger partial charge is 0.322 e. The van der Waals surface area contributed by atoms with Crippen LogP contribution in [0.15, 0.2) is 42.5 Å². The molecule has 3 N–H and O–H groups in total.